The molecular weight excluding hydrogens is 214 g/mol. The van der Waals surface area contributed by atoms with Crippen molar-refractivity contribution in [3.63, 3.8) is 0 Å². The fourth-order valence-corrected chi connectivity index (χ4v) is 1.35. The first-order chi connectivity index (χ1) is 8.25. The third-order valence-corrected chi connectivity index (χ3v) is 2.30. The van der Waals surface area contributed by atoms with E-state index in [1.54, 1.807) is 12.1 Å². The smallest absolute Gasteiger partial charge is 0.0888 e. The van der Waals surface area contributed by atoms with Crippen LogP contribution in [0.4, 0.5) is 0 Å². The van der Waals surface area contributed by atoms with Gasteiger partial charge in [-0.1, -0.05) is 30.3 Å². The van der Waals surface area contributed by atoms with Crippen molar-refractivity contribution in [3.05, 3.63) is 65.8 Å². The molecule has 0 unspecified atom stereocenters. The third kappa shape index (κ3) is 3.04. The Morgan fingerprint density at radius 1 is 1.06 bits per heavy atom. The van der Waals surface area contributed by atoms with E-state index in [-0.39, 0.29) is 0 Å². The Kier molecular flexibility index (Phi) is 3.35. The molecule has 2 aromatic rings. The van der Waals surface area contributed by atoms with Crippen molar-refractivity contribution in [2.75, 3.05) is 0 Å². The first-order valence-electron chi connectivity index (χ1n) is 5.27. The van der Waals surface area contributed by atoms with E-state index >= 15 is 0 Å². The van der Waals surface area contributed by atoms with Crippen LogP contribution in [0, 0.1) is 0 Å². The molecule has 0 saturated heterocycles. The van der Waals surface area contributed by atoms with Crippen LogP contribution in [0.25, 0.3) is 0 Å². The number of aromatic nitrogens is 1. The second-order valence-electron chi connectivity index (χ2n) is 3.59. The molecule has 0 atom stereocenters. The quantitative estimate of drug-likeness (QED) is 0.476. The van der Waals surface area contributed by atoms with Crippen molar-refractivity contribution in [2.45, 2.75) is 6.92 Å². The number of hydrogen-bond acceptors (Lipinski definition) is 3. The molecule has 0 saturated carbocycles. The lowest BCUT2D eigenvalue weighted by Gasteiger charge is -1.96. The molecule has 1 aromatic carbocycles. The molecule has 1 heterocycles. The molecule has 0 amide bonds. The molecule has 0 aliphatic carbocycles. The standard InChI is InChI=1S/C13H13N3O/c1-11(12-5-3-2-4-6-12)14-15-13-7-9-16(17)10-8-13/h2-10,17H,1H3. The van der Waals surface area contributed by atoms with Crippen LogP contribution in [-0.4, -0.2) is 15.6 Å². The van der Waals surface area contributed by atoms with E-state index in [0.717, 1.165) is 16.0 Å². The van der Waals surface area contributed by atoms with Gasteiger partial charge in [0.25, 0.3) is 0 Å². The van der Waals surface area contributed by atoms with Crippen LogP contribution in [0.1, 0.15) is 12.5 Å². The van der Waals surface area contributed by atoms with Gasteiger partial charge in [0.05, 0.1) is 11.1 Å². The summed E-state index contributed by atoms with van der Waals surface area (Å²) in [5.41, 5.74) is 1.90. The molecule has 1 aromatic heterocycles. The van der Waals surface area contributed by atoms with Gasteiger partial charge in [-0.25, -0.2) is 4.73 Å². The summed E-state index contributed by atoms with van der Waals surface area (Å²) >= 11 is 0. The van der Waals surface area contributed by atoms with Crippen molar-refractivity contribution < 1.29 is 5.21 Å². The van der Waals surface area contributed by atoms with Gasteiger partial charge in [-0.3, -0.25) is 0 Å². The van der Waals surface area contributed by atoms with Crippen molar-refractivity contribution in [1.82, 2.24) is 4.73 Å². The zero-order chi connectivity index (χ0) is 12.1. The first-order valence-corrected chi connectivity index (χ1v) is 5.27. The van der Waals surface area contributed by atoms with Crippen LogP contribution in [0.15, 0.2) is 65.1 Å². The normalized spacial score (nSPS) is 11.2. The van der Waals surface area contributed by atoms with Gasteiger partial charge in [-0.05, 0) is 24.6 Å². The second kappa shape index (κ2) is 5.12. The first kappa shape index (κ1) is 11.1. The van der Waals surface area contributed by atoms with Crippen LogP contribution in [-0.2, 0) is 0 Å². The minimum Gasteiger partial charge on any atom is -0.429 e. The van der Waals surface area contributed by atoms with Crippen LogP contribution in [0.3, 0.4) is 0 Å². The highest BCUT2D eigenvalue weighted by Gasteiger charge is 1.93. The van der Waals surface area contributed by atoms with Gasteiger partial charge in [-0.15, -0.1) is 0 Å². The predicted molar refractivity (Wildman–Crippen MR) is 65.8 cm³/mol. The van der Waals surface area contributed by atoms with E-state index in [1.165, 1.54) is 12.4 Å². The van der Waals surface area contributed by atoms with E-state index in [0.29, 0.717) is 5.36 Å². The molecule has 17 heavy (non-hydrogen) atoms. The Balaban J connectivity index is 2.26. The van der Waals surface area contributed by atoms with Crippen LogP contribution < -0.4 is 5.36 Å². The van der Waals surface area contributed by atoms with Gasteiger partial charge < -0.3 is 5.21 Å². The summed E-state index contributed by atoms with van der Waals surface area (Å²) in [5.74, 6) is 0. The van der Waals surface area contributed by atoms with E-state index in [9.17, 15) is 0 Å². The lowest BCUT2D eigenvalue weighted by atomic mass is 10.1. The zero-order valence-electron chi connectivity index (χ0n) is 9.49. The molecule has 0 aliphatic rings. The van der Waals surface area contributed by atoms with Gasteiger partial charge in [-0.2, -0.15) is 10.2 Å². The molecule has 0 radical (unpaired) electrons. The van der Waals surface area contributed by atoms with Gasteiger partial charge in [0.15, 0.2) is 0 Å². The molecule has 0 bridgehead atoms. The van der Waals surface area contributed by atoms with Gasteiger partial charge >= 0.3 is 0 Å². The summed E-state index contributed by atoms with van der Waals surface area (Å²) in [6.45, 7) is 1.91. The average Bonchev–Trinajstić information content (AvgIpc) is 2.39. The Morgan fingerprint density at radius 3 is 2.35 bits per heavy atom. The largest absolute Gasteiger partial charge is 0.429 e. The molecular formula is C13H13N3O. The molecule has 4 heteroatoms. The van der Waals surface area contributed by atoms with Crippen molar-refractivity contribution in [3.8, 4) is 0 Å². The monoisotopic (exact) mass is 227 g/mol. The fourth-order valence-electron chi connectivity index (χ4n) is 1.35. The Bertz CT molecular complexity index is 565. The molecule has 86 valence electrons. The molecule has 0 fully saturated rings. The minimum atomic E-state index is 0.700. The molecule has 2 rings (SSSR count). The van der Waals surface area contributed by atoms with Crippen LogP contribution in [0.5, 0.6) is 0 Å². The predicted octanol–water partition coefficient (Wildman–Crippen LogP) is 2.05. The molecule has 0 aliphatic heterocycles. The maximum absolute atomic E-state index is 9.05. The highest BCUT2D eigenvalue weighted by atomic mass is 16.5. The number of pyridine rings is 1. The Hall–Kier alpha value is -2.36. The van der Waals surface area contributed by atoms with Crippen LogP contribution >= 0.6 is 0 Å². The fraction of sp³-hybridized carbons (Fsp3) is 0.0769. The van der Waals surface area contributed by atoms with Crippen molar-refractivity contribution in [1.29, 1.82) is 0 Å². The second-order valence-corrected chi connectivity index (χ2v) is 3.59. The van der Waals surface area contributed by atoms with Gasteiger partial charge in [0, 0.05) is 12.4 Å². The number of nitrogens with zero attached hydrogens (tertiary/aromatic N) is 3. The highest BCUT2D eigenvalue weighted by Crippen LogP contribution is 2.00. The SMILES string of the molecule is CC(=NN=c1ccn(O)cc1)c1ccccc1. The summed E-state index contributed by atoms with van der Waals surface area (Å²) in [4.78, 5) is 0. The maximum Gasteiger partial charge on any atom is 0.0888 e. The summed E-state index contributed by atoms with van der Waals surface area (Å²) < 4.78 is 0.965. The van der Waals surface area contributed by atoms with Gasteiger partial charge in [0.1, 0.15) is 0 Å². The van der Waals surface area contributed by atoms with Crippen LogP contribution in [0.2, 0.25) is 0 Å². The van der Waals surface area contributed by atoms with E-state index < -0.39 is 0 Å². The van der Waals surface area contributed by atoms with Gasteiger partial charge in [0.2, 0.25) is 0 Å². The molecule has 4 nitrogen and oxygen atoms in total. The lowest BCUT2D eigenvalue weighted by molar-refractivity contribution is 0.184. The number of benzene rings is 1. The molecule has 0 spiro atoms. The third-order valence-electron chi connectivity index (χ3n) is 2.30. The van der Waals surface area contributed by atoms with Crippen molar-refractivity contribution >= 4 is 5.71 Å². The topological polar surface area (TPSA) is 49.9 Å². The minimum absolute atomic E-state index is 0.700. The zero-order valence-corrected chi connectivity index (χ0v) is 9.49. The maximum atomic E-state index is 9.05. The Morgan fingerprint density at radius 2 is 1.71 bits per heavy atom. The lowest BCUT2D eigenvalue weighted by Crippen LogP contribution is -2.03. The number of rotatable bonds is 2. The van der Waals surface area contributed by atoms with E-state index in [2.05, 4.69) is 10.2 Å². The number of hydrogen-bond donors (Lipinski definition) is 1. The summed E-state index contributed by atoms with van der Waals surface area (Å²) in [7, 11) is 0. The summed E-state index contributed by atoms with van der Waals surface area (Å²) in [6.07, 6.45) is 3.01. The van der Waals surface area contributed by atoms with Crippen molar-refractivity contribution in [2.24, 2.45) is 10.2 Å². The molecule has 1 N–H and O–H groups in total. The Labute approximate surface area is 99.2 Å². The van der Waals surface area contributed by atoms with E-state index in [1.807, 2.05) is 37.3 Å². The van der Waals surface area contributed by atoms with E-state index in [4.69, 9.17) is 5.21 Å². The summed E-state index contributed by atoms with van der Waals surface area (Å²) in [5, 5.41) is 18.0. The average molecular weight is 227 g/mol. The summed E-state index contributed by atoms with van der Waals surface area (Å²) in [6, 6.07) is 13.2. The highest BCUT2D eigenvalue weighted by molar-refractivity contribution is 5.98.